The van der Waals surface area contributed by atoms with E-state index < -0.39 is 23.8 Å². The molecule has 4 N–H and O–H groups in total. The average molecular weight is 479 g/mol. The number of aryl methyl sites for hydroxylation is 2. The van der Waals surface area contributed by atoms with Gasteiger partial charge >= 0.3 is 5.97 Å². The zero-order chi connectivity index (χ0) is 25.2. The summed E-state index contributed by atoms with van der Waals surface area (Å²) in [7, 11) is 0. The number of carbonyl (C=O) groups excluding carboxylic acids is 3. The van der Waals surface area contributed by atoms with E-state index in [9.17, 15) is 19.2 Å². The molecule has 1 aliphatic heterocycles. The Kier molecular flexibility index (Phi) is 9.11. The number of carboxylic acids is 1. The first-order chi connectivity index (χ1) is 16.8. The van der Waals surface area contributed by atoms with Gasteiger partial charge in [0.15, 0.2) is 0 Å². The number of amides is 3. The van der Waals surface area contributed by atoms with E-state index in [1.54, 1.807) is 0 Å². The van der Waals surface area contributed by atoms with Crippen LogP contribution in [-0.4, -0.2) is 52.2 Å². The number of β-lactam (4-membered cyclic amide) rings is 1. The van der Waals surface area contributed by atoms with Crippen LogP contribution in [0.15, 0.2) is 65.7 Å². The van der Waals surface area contributed by atoms with E-state index in [1.807, 2.05) is 60.7 Å². The number of nitrogens with zero attached hydrogens (tertiary/aromatic N) is 2. The second-order valence-corrected chi connectivity index (χ2v) is 8.45. The van der Waals surface area contributed by atoms with Gasteiger partial charge in [0.25, 0.3) is 0 Å². The number of carboxylic acid groups (broad SMARTS) is 1. The third kappa shape index (κ3) is 7.49. The largest absolute Gasteiger partial charge is 0.480 e. The van der Waals surface area contributed by atoms with Crippen LogP contribution in [0.25, 0.3) is 0 Å². The van der Waals surface area contributed by atoms with Gasteiger partial charge in [-0.1, -0.05) is 60.7 Å². The number of hydrogen-bond acceptors (Lipinski definition) is 4. The van der Waals surface area contributed by atoms with Crippen LogP contribution in [0.5, 0.6) is 0 Å². The van der Waals surface area contributed by atoms with Gasteiger partial charge in [-0.25, -0.2) is 4.79 Å². The lowest BCUT2D eigenvalue weighted by Crippen LogP contribution is -2.61. The highest BCUT2D eigenvalue weighted by Gasteiger charge is 2.43. The summed E-state index contributed by atoms with van der Waals surface area (Å²) >= 11 is 0. The molecule has 2 unspecified atom stereocenters. The first-order valence-corrected chi connectivity index (χ1v) is 11.6. The molecule has 0 aliphatic carbocycles. The van der Waals surface area contributed by atoms with Gasteiger partial charge in [-0.2, -0.15) is 4.99 Å². The van der Waals surface area contributed by atoms with Gasteiger partial charge in [-0.15, -0.1) is 0 Å². The van der Waals surface area contributed by atoms with Crippen LogP contribution in [0.1, 0.15) is 36.8 Å². The third-order valence-electron chi connectivity index (χ3n) is 5.96. The maximum absolute atomic E-state index is 13.0. The van der Waals surface area contributed by atoms with Crippen LogP contribution in [0, 0.1) is 5.92 Å². The van der Waals surface area contributed by atoms with E-state index >= 15 is 0 Å². The molecule has 0 saturated carbocycles. The lowest BCUT2D eigenvalue weighted by Gasteiger charge is -2.34. The Labute approximate surface area is 204 Å². The number of aliphatic imine (C=N–C) groups is 1. The molecule has 9 heteroatoms. The summed E-state index contributed by atoms with van der Waals surface area (Å²) in [6.45, 7) is 0.130. The standard InChI is InChI=1S/C26H30N4O5/c27-26(28-21(31)15-13-18-8-3-1-4-9-18)30(22(32)16-14-19-10-5-2-6-11-19)17-7-12-20-23(25(34)35)29-24(20)33/h1-6,8-11,20,23H,7,12-17H2,(H,29,33)(H,34,35)(H2,27,28,31). The van der Waals surface area contributed by atoms with E-state index in [0.29, 0.717) is 19.3 Å². The van der Waals surface area contributed by atoms with E-state index in [1.165, 1.54) is 4.90 Å². The molecule has 1 aliphatic rings. The summed E-state index contributed by atoms with van der Waals surface area (Å²) in [5.41, 5.74) is 8.07. The number of benzene rings is 2. The number of nitrogens with two attached hydrogens (primary N) is 1. The van der Waals surface area contributed by atoms with Crippen LogP contribution >= 0.6 is 0 Å². The summed E-state index contributed by atoms with van der Waals surface area (Å²) in [5, 5.41) is 11.5. The minimum absolute atomic E-state index is 0.130. The van der Waals surface area contributed by atoms with Crippen LogP contribution in [0.4, 0.5) is 0 Å². The summed E-state index contributed by atoms with van der Waals surface area (Å²) in [6.07, 6.45) is 1.94. The third-order valence-corrected chi connectivity index (χ3v) is 5.96. The van der Waals surface area contributed by atoms with Gasteiger partial charge in [-0.3, -0.25) is 19.3 Å². The average Bonchev–Trinajstić information content (AvgIpc) is 2.85. The first kappa shape index (κ1) is 25.6. The molecule has 1 saturated heterocycles. The fourth-order valence-corrected chi connectivity index (χ4v) is 3.95. The van der Waals surface area contributed by atoms with Crippen LogP contribution < -0.4 is 11.1 Å². The van der Waals surface area contributed by atoms with Crippen molar-refractivity contribution in [3.63, 3.8) is 0 Å². The summed E-state index contributed by atoms with van der Waals surface area (Å²) in [6, 6.07) is 18.1. The molecule has 0 radical (unpaired) electrons. The van der Waals surface area contributed by atoms with Crippen LogP contribution in [0.3, 0.4) is 0 Å². The van der Waals surface area contributed by atoms with E-state index in [-0.39, 0.29) is 43.6 Å². The quantitative estimate of drug-likeness (QED) is 0.256. The molecule has 2 atom stereocenters. The summed E-state index contributed by atoms with van der Waals surface area (Å²) in [4.78, 5) is 53.5. The van der Waals surface area contributed by atoms with Crippen molar-refractivity contribution in [1.29, 1.82) is 0 Å². The SMILES string of the molecule is NC(=NC(=O)CCc1ccccc1)N(CCCC1C(=O)NC1C(=O)O)C(=O)CCc1ccccc1. The molecule has 2 aromatic carbocycles. The minimum atomic E-state index is -1.09. The minimum Gasteiger partial charge on any atom is -0.480 e. The Morgan fingerprint density at radius 3 is 2.06 bits per heavy atom. The molecule has 1 heterocycles. The van der Waals surface area contributed by atoms with Gasteiger partial charge in [0.2, 0.25) is 23.7 Å². The van der Waals surface area contributed by atoms with Crippen LogP contribution in [-0.2, 0) is 32.0 Å². The number of nitrogens with one attached hydrogen (secondary N) is 1. The smallest absolute Gasteiger partial charge is 0.327 e. The van der Waals surface area contributed by atoms with Crippen molar-refractivity contribution >= 4 is 29.7 Å². The van der Waals surface area contributed by atoms with Crippen molar-refractivity contribution in [3.05, 3.63) is 71.8 Å². The molecule has 184 valence electrons. The number of aliphatic carboxylic acids is 1. The Balaban J connectivity index is 1.62. The molecular weight excluding hydrogens is 448 g/mol. The Morgan fingerprint density at radius 2 is 1.51 bits per heavy atom. The molecule has 2 aromatic rings. The normalized spacial score (nSPS) is 17.3. The highest BCUT2D eigenvalue weighted by Crippen LogP contribution is 2.21. The molecule has 0 aromatic heterocycles. The predicted octanol–water partition coefficient (Wildman–Crippen LogP) is 1.90. The predicted molar refractivity (Wildman–Crippen MR) is 130 cm³/mol. The number of hydrogen-bond donors (Lipinski definition) is 3. The fraction of sp³-hybridized carbons (Fsp3) is 0.346. The number of rotatable bonds is 11. The van der Waals surface area contributed by atoms with Crippen molar-refractivity contribution in [1.82, 2.24) is 10.2 Å². The van der Waals surface area contributed by atoms with Gasteiger partial charge in [0.1, 0.15) is 6.04 Å². The van der Waals surface area contributed by atoms with Crippen molar-refractivity contribution < 1.29 is 24.3 Å². The molecule has 3 amide bonds. The van der Waals surface area contributed by atoms with E-state index in [4.69, 9.17) is 10.8 Å². The topological polar surface area (TPSA) is 142 Å². The van der Waals surface area contributed by atoms with Crippen molar-refractivity contribution in [3.8, 4) is 0 Å². The Morgan fingerprint density at radius 1 is 0.943 bits per heavy atom. The van der Waals surface area contributed by atoms with Gasteiger partial charge in [0, 0.05) is 19.4 Å². The van der Waals surface area contributed by atoms with Crippen molar-refractivity contribution in [2.24, 2.45) is 16.6 Å². The van der Waals surface area contributed by atoms with Crippen molar-refractivity contribution in [2.75, 3.05) is 6.54 Å². The first-order valence-electron chi connectivity index (χ1n) is 11.6. The van der Waals surface area contributed by atoms with Gasteiger partial charge in [-0.05, 0) is 36.8 Å². The van der Waals surface area contributed by atoms with Gasteiger partial charge in [0.05, 0.1) is 5.92 Å². The maximum atomic E-state index is 13.0. The highest BCUT2D eigenvalue weighted by molar-refractivity contribution is 6.01. The molecular formula is C26H30N4O5. The van der Waals surface area contributed by atoms with Crippen LogP contribution in [0.2, 0.25) is 0 Å². The van der Waals surface area contributed by atoms with Crippen molar-refractivity contribution in [2.45, 2.75) is 44.6 Å². The van der Waals surface area contributed by atoms with E-state index in [0.717, 1.165) is 11.1 Å². The second kappa shape index (κ2) is 12.5. The maximum Gasteiger partial charge on any atom is 0.327 e. The molecule has 3 rings (SSSR count). The summed E-state index contributed by atoms with van der Waals surface area (Å²) < 4.78 is 0. The monoisotopic (exact) mass is 478 g/mol. The zero-order valence-electron chi connectivity index (χ0n) is 19.4. The Hall–Kier alpha value is -4.01. The lowest BCUT2D eigenvalue weighted by molar-refractivity contribution is -0.153. The van der Waals surface area contributed by atoms with E-state index in [2.05, 4.69) is 10.3 Å². The van der Waals surface area contributed by atoms with Gasteiger partial charge < -0.3 is 16.2 Å². The highest BCUT2D eigenvalue weighted by atomic mass is 16.4. The molecule has 9 nitrogen and oxygen atoms in total. The fourth-order valence-electron chi connectivity index (χ4n) is 3.95. The molecule has 1 fully saturated rings. The second-order valence-electron chi connectivity index (χ2n) is 8.45. The Bertz CT molecular complexity index is 1070. The number of carbonyl (C=O) groups is 4. The number of guanidine groups is 1. The summed E-state index contributed by atoms with van der Waals surface area (Å²) in [5.74, 6) is -2.98. The molecule has 0 spiro atoms. The lowest BCUT2D eigenvalue weighted by atomic mass is 9.86. The molecule has 35 heavy (non-hydrogen) atoms. The molecule has 0 bridgehead atoms. The zero-order valence-corrected chi connectivity index (χ0v) is 19.4.